The van der Waals surface area contributed by atoms with Crippen LogP contribution in [0.3, 0.4) is 0 Å². The average Bonchev–Trinajstić information content (AvgIpc) is 2.07. The Labute approximate surface area is 110 Å². The van der Waals surface area contributed by atoms with Gasteiger partial charge in [0.25, 0.3) is 0 Å². The van der Waals surface area contributed by atoms with E-state index in [-0.39, 0.29) is 40.0 Å². The summed E-state index contributed by atoms with van der Waals surface area (Å²) in [7, 11) is 0. The van der Waals surface area contributed by atoms with Crippen LogP contribution in [0.5, 0.6) is 0 Å². The van der Waals surface area contributed by atoms with Crippen molar-refractivity contribution >= 4 is 23.1 Å². The zero-order valence-corrected chi connectivity index (χ0v) is 11.9. The molecule has 0 bridgehead atoms. The molecule has 1 aliphatic carbocycles. The van der Waals surface area contributed by atoms with Crippen molar-refractivity contribution in [2.45, 2.75) is 58.3 Å². The molecule has 0 saturated heterocycles. The van der Waals surface area contributed by atoms with Gasteiger partial charge in [0.1, 0.15) is 0 Å². The van der Waals surface area contributed by atoms with E-state index in [4.69, 9.17) is 0 Å². The molecule has 1 rings (SSSR count). The van der Waals surface area contributed by atoms with Crippen molar-refractivity contribution in [3.05, 3.63) is 6.42 Å². The van der Waals surface area contributed by atoms with Crippen molar-refractivity contribution in [1.29, 1.82) is 0 Å². The Hall–Kier alpha value is 1.25. The van der Waals surface area contributed by atoms with E-state index < -0.39 is 0 Å². The van der Waals surface area contributed by atoms with Gasteiger partial charge >= 0.3 is 23.1 Å². The van der Waals surface area contributed by atoms with Gasteiger partial charge in [-0.2, -0.15) is 12.8 Å². The fourth-order valence-electron chi connectivity index (χ4n) is 1.97. The fourth-order valence-corrected chi connectivity index (χ4v) is 1.97. The number of unbranched alkanes of at least 4 members (excludes halogenated alkanes) is 2. The van der Waals surface area contributed by atoms with Gasteiger partial charge in [0.2, 0.25) is 0 Å². The SMILES string of the molecule is CCCCCC1CC[CH-]CC1.[Br-].[Mg+2]. The minimum absolute atomic E-state index is 0. The third kappa shape index (κ3) is 8.25. The van der Waals surface area contributed by atoms with Crippen molar-refractivity contribution in [3.8, 4) is 0 Å². The molecule has 0 spiro atoms. The second-order valence-corrected chi connectivity index (χ2v) is 3.81. The third-order valence-corrected chi connectivity index (χ3v) is 2.77. The van der Waals surface area contributed by atoms with E-state index in [2.05, 4.69) is 13.3 Å². The summed E-state index contributed by atoms with van der Waals surface area (Å²) >= 11 is 0. The number of hydrogen-bond acceptors (Lipinski definition) is 0. The smallest absolute Gasteiger partial charge is 1.00 e. The molecule has 0 unspecified atom stereocenters. The second kappa shape index (κ2) is 11.3. The zero-order valence-electron chi connectivity index (χ0n) is 8.90. The molecule has 1 fully saturated rings. The monoisotopic (exact) mass is 256 g/mol. The van der Waals surface area contributed by atoms with Crippen LogP contribution in [-0.4, -0.2) is 23.1 Å². The first-order valence-corrected chi connectivity index (χ1v) is 5.25. The molecule has 0 amide bonds. The van der Waals surface area contributed by atoms with Crippen LogP contribution in [0, 0.1) is 12.3 Å². The first-order chi connectivity index (χ1) is 5.43. The predicted molar refractivity (Wildman–Crippen MR) is 56.2 cm³/mol. The maximum absolute atomic E-state index is 2.45. The van der Waals surface area contributed by atoms with Gasteiger partial charge < -0.3 is 23.4 Å². The third-order valence-electron chi connectivity index (χ3n) is 2.77. The Morgan fingerprint density at radius 1 is 1.15 bits per heavy atom. The average molecular weight is 257 g/mol. The molecule has 0 N–H and O–H groups in total. The van der Waals surface area contributed by atoms with E-state index >= 15 is 0 Å². The summed E-state index contributed by atoms with van der Waals surface area (Å²) in [6, 6.07) is 0. The van der Waals surface area contributed by atoms with Crippen LogP contribution in [0.2, 0.25) is 0 Å². The normalized spacial score (nSPS) is 17.3. The number of hydrogen-bond donors (Lipinski definition) is 0. The Kier molecular flexibility index (Phi) is 14.5. The number of halogens is 1. The minimum Gasteiger partial charge on any atom is -1.00 e. The zero-order chi connectivity index (χ0) is 7.94. The summed E-state index contributed by atoms with van der Waals surface area (Å²) in [6.07, 6.45) is 14.0. The predicted octanol–water partition coefficient (Wildman–Crippen LogP) is 0.584. The maximum atomic E-state index is 2.45. The minimum atomic E-state index is 0. The molecule has 0 heterocycles. The van der Waals surface area contributed by atoms with Gasteiger partial charge in [-0.3, -0.25) is 0 Å². The van der Waals surface area contributed by atoms with Crippen LogP contribution in [-0.2, 0) is 0 Å². The summed E-state index contributed by atoms with van der Waals surface area (Å²) in [5.74, 6) is 1.08. The second-order valence-electron chi connectivity index (χ2n) is 3.81. The van der Waals surface area contributed by atoms with Gasteiger partial charge in [-0.25, -0.2) is 0 Å². The molecule has 2 heteroatoms. The molecule has 13 heavy (non-hydrogen) atoms. The van der Waals surface area contributed by atoms with Crippen LogP contribution < -0.4 is 17.0 Å². The van der Waals surface area contributed by atoms with Gasteiger partial charge in [0.15, 0.2) is 0 Å². The first kappa shape index (κ1) is 16.7. The summed E-state index contributed by atoms with van der Waals surface area (Å²) in [5.41, 5.74) is 0. The van der Waals surface area contributed by atoms with Crippen LogP contribution in [0.25, 0.3) is 0 Å². The van der Waals surface area contributed by atoms with E-state index in [1.54, 1.807) is 0 Å². The first-order valence-electron chi connectivity index (χ1n) is 5.25. The topological polar surface area (TPSA) is 0 Å². The van der Waals surface area contributed by atoms with Gasteiger partial charge in [-0.05, 0) is 5.92 Å². The van der Waals surface area contributed by atoms with Crippen molar-refractivity contribution < 1.29 is 17.0 Å². The summed E-state index contributed by atoms with van der Waals surface area (Å²) in [5, 5.41) is 0. The molecular formula is C11H21BrMg. The molecule has 1 aliphatic rings. The van der Waals surface area contributed by atoms with Gasteiger partial charge in [-0.15, -0.1) is 0 Å². The molecule has 74 valence electrons. The van der Waals surface area contributed by atoms with Crippen LogP contribution in [0.15, 0.2) is 0 Å². The summed E-state index contributed by atoms with van der Waals surface area (Å²) in [6.45, 7) is 2.29. The number of rotatable bonds is 4. The van der Waals surface area contributed by atoms with E-state index in [0.29, 0.717) is 0 Å². The molecular weight excluding hydrogens is 236 g/mol. The Balaban J connectivity index is 0. The van der Waals surface area contributed by atoms with E-state index in [1.165, 1.54) is 51.4 Å². The van der Waals surface area contributed by atoms with Crippen molar-refractivity contribution in [1.82, 2.24) is 0 Å². The molecule has 0 aromatic rings. The Bertz CT molecular complexity index is 90.1. The molecule has 0 atom stereocenters. The molecule has 0 aromatic carbocycles. The van der Waals surface area contributed by atoms with Crippen LogP contribution in [0.4, 0.5) is 0 Å². The van der Waals surface area contributed by atoms with Crippen molar-refractivity contribution in [2.24, 2.45) is 5.92 Å². The molecule has 0 radical (unpaired) electrons. The Morgan fingerprint density at radius 3 is 2.31 bits per heavy atom. The fraction of sp³-hybridized carbons (Fsp3) is 0.909. The van der Waals surface area contributed by atoms with Gasteiger partial charge in [0.05, 0.1) is 0 Å². The molecule has 1 saturated carbocycles. The maximum Gasteiger partial charge on any atom is 2.00 e. The van der Waals surface area contributed by atoms with Gasteiger partial charge in [0, 0.05) is 0 Å². The molecule has 0 nitrogen and oxygen atoms in total. The van der Waals surface area contributed by atoms with Crippen molar-refractivity contribution in [3.63, 3.8) is 0 Å². The quantitative estimate of drug-likeness (QED) is 0.393. The Morgan fingerprint density at radius 2 is 1.77 bits per heavy atom. The summed E-state index contributed by atoms with van der Waals surface area (Å²) < 4.78 is 0. The molecule has 0 aliphatic heterocycles. The van der Waals surface area contributed by atoms with E-state index in [0.717, 1.165) is 5.92 Å². The standard InChI is InChI=1S/C11H21.BrH.Mg/c1-2-3-5-8-11-9-6-4-7-10-11;;/h4,11H,2-3,5-10H2,1H3;1H;/q-1;;+2/p-1. The summed E-state index contributed by atoms with van der Waals surface area (Å²) in [4.78, 5) is 0. The largest absolute Gasteiger partial charge is 2.00 e. The molecule has 0 aromatic heterocycles. The van der Waals surface area contributed by atoms with E-state index in [1.807, 2.05) is 0 Å². The van der Waals surface area contributed by atoms with Crippen molar-refractivity contribution in [2.75, 3.05) is 0 Å². The van der Waals surface area contributed by atoms with Gasteiger partial charge in [-0.1, -0.05) is 45.4 Å². The van der Waals surface area contributed by atoms with Crippen LogP contribution in [0.1, 0.15) is 58.3 Å². The van der Waals surface area contributed by atoms with Crippen LogP contribution >= 0.6 is 0 Å². The van der Waals surface area contributed by atoms with E-state index in [9.17, 15) is 0 Å².